The summed E-state index contributed by atoms with van der Waals surface area (Å²) >= 11 is 0. The first-order valence-electron chi connectivity index (χ1n) is 4.87. The Morgan fingerprint density at radius 1 is 1.50 bits per heavy atom. The van der Waals surface area contributed by atoms with Crippen molar-refractivity contribution in [2.45, 2.75) is 12.5 Å². The minimum Gasteiger partial charge on any atom is -0.479 e. The van der Waals surface area contributed by atoms with Gasteiger partial charge in [-0.1, -0.05) is 0 Å². The van der Waals surface area contributed by atoms with Crippen molar-refractivity contribution in [3.8, 4) is 0 Å². The standard InChI is InChI=1S/C9H18N2O5/c1-11(5-6-16-2)9(15)10-4-3-7(12)8(13)14/h7,12H,3-6H2,1-2H3,(H,10,15)(H,13,14)/t7-/m0/s1. The van der Waals surface area contributed by atoms with Crippen molar-refractivity contribution in [3.63, 3.8) is 0 Å². The number of nitrogens with one attached hydrogen (secondary N) is 1. The summed E-state index contributed by atoms with van der Waals surface area (Å²) in [6.45, 7) is 0.995. The van der Waals surface area contributed by atoms with E-state index in [9.17, 15) is 9.59 Å². The van der Waals surface area contributed by atoms with Gasteiger partial charge < -0.3 is 25.2 Å². The van der Waals surface area contributed by atoms with E-state index < -0.39 is 12.1 Å². The highest BCUT2D eigenvalue weighted by Gasteiger charge is 2.13. The summed E-state index contributed by atoms with van der Waals surface area (Å²) in [5, 5.41) is 19.8. The SMILES string of the molecule is COCCN(C)C(=O)NCC[C@H](O)C(=O)O. The molecule has 0 spiro atoms. The van der Waals surface area contributed by atoms with Crippen molar-refractivity contribution in [3.05, 3.63) is 0 Å². The summed E-state index contributed by atoms with van der Waals surface area (Å²) in [5.74, 6) is -1.29. The van der Waals surface area contributed by atoms with Gasteiger partial charge in [-0.05, 0) is 0 Å². The first-order chi connectivity index (χ1) is 7.49. The van der Waals surface area contributed by atoms with E-state index in [1.807, 2.05) is 0 Å². The van der Waals surface area contributed by atoms with Crippen molar-refractivity contribution in [1.29, 1.82) is 0 Å². The minimum atomic E-state index is -1.44. The van der Waals surface area contributed by atoms with Gasteiger partial charge in [-0.2, -0.15) is 0 Å². The Labute approximate surface area is 94.0 Å². The van der Waals surface area contributed by atoms with Crippen LogP contribution in [0.15, 0.2) is 0 Å². The number of hydrogen-bond acceptors (Lipinski definition) is 4. The van der Waals surface area contributed by atoms with Crippen molar-refractivity contribution < 1.29 is 24.5 Å². The number of rotatable bonds is 7. The van der Waals surface area contributed by atoms with Gasteiger partial charge in [-0.3, -0.25) is 0 Å². The Morgan fingerprint density at radius 2 is 2.12 bits per heavy atom. The molecule has 0 radical (unpaired) electrons. The van der Waals surface area contributed by atoms with E-state index in [4.69, 9.17) is 14.9 Å². The number of methoxy groups -OCH3 is 1. The average molecular weight is 234 g/mol. The third-order valence-electron chi connectivity index (χ3n) is 1.96. The van der Waals surface area contributed by atoms with Crippen LogP contribution >= 0.6 is 0 Å². The Kier molecular flexibility index (Phi) is 7.23. The van der Waals surface area contributed by atoms with Crippen molar-refractivity contribution in [1.82, 2.24) is 10.2 Å². The molecule has 0 aromatic heterocycles. The molecule has 0 heterocycles. The Balaban J connectivity index is 3.68. The second-order valence-corrected chi connectivity index (χ2v) is 3.29. The Bertz CT molecular complexity index is 234. The monoisotopic (exact) mass is 234 g/mol. The molecule has 0 fully saturated rings. The highest BCUT2D eigenvalue weighted by atomic mass is 16.5. The molecule has 7 heteroatoms. The number of aliphatic hydroxyl groups is 1. The van der Waals surface area contributed by atoms with Crippen molar-refractivity contribution in [2.75, 3.05) is 33.9 Å². The molecule has 94 valence electrons. The van der Waals surface area contributed by atoms with E-state index in [1.165, 1.54) is 12.0 Å². The van der Waals surface area contributed by atoms with E-state index in [0.29, 0.717) is 13.2 Å². The lowest BCUT2D eigenvalue weighted by molar-refractivity contribution is -0.146. The summed E-state index contributed by atoms with van der Waals surface area (Å²) < 4.78 is 4.80. The molecular weight excluding hydrogens is 216 g/mol. The second kappa shape index (κ2) is 7.89. The molecular formula is C9H18N2O5. The van der Waals surface area contributed by atoms with Gasteiger partial charge >= 0.3 is 12.0 Å². The molecule has 7 nitrogen and oxygen atoms in total. The molecule has 0 aliphatic rings. The molecule has 0 bridgehead atoms. The van der Waals surface area contributed by atoms with Crippen LogP contribution in [0.3, 0.4) is 0 Å². The van der Waals surface area contributed by atoms with Crippen molar-refractivity contribution >= 4 is 12.0 Å². The number of carbonyl (C=O) groups is 2. The van der Waals surface area contributed by atoms with E-state index in [0.717, 1.165) is 0 Å². The number of carboxylic acid groups (broad SMARTS) is 1. The first-order valence-corrected chi connectivity index (χ1v) is 4.87. The van der Waals surface area contributed by atoms with Gasteiger partial charge in [0.2, 0.25) is 0 Å². The molecule has 0 aliphatic heterocycles. The largest absolute Gasteiger partial charge is 0.479 e. The molecule has 0 aliphatic carbocycles. The van der Waals surface area contributed by atoms with Gasteiger partial charge in [0.05, 0.1) is 6.61 Å². The molecule has 3 N–H and O–H groups in total. The molecule has 0 aromatic carbocycles. The maximum absolute atomic E-state index is 11.3. The zero-order valence-corrected chi connectivity index (χ0v) is 9.47. The van der Waals surface area contributed by atoms with Crippen LogP contribution in [0.25, 0.3) is 0 Å². The number of likely N-dealkylation sites (N-methyl/N-ethyl adjacent to an activating group) is 1. The Hall–Kier alpha value is -1.34. The highest BCUT2D eigenvalue weighted by Crippen LogP contribution is 1.91. The number of aliphatic carboxylic acids is 1. The molecule has 0 rings (SSSR count). The number of hydrogen-bond donors (Lipinski definition) is 3. The fourth-order valence-electron chi connectivity index (χ4n) is 0.904. The van der Waals surface area contributed by atoms with Gasteiger partial charge in [0, 0.05) is 33.7 Å². The second-order valence-electron chi connectivity index (χ2n) is 3.29. The predicted octanol–water partition coefficient (Wildman–Crippen LogP) is -0.890. The summed E-state index contributed by atoms with van der Waals surface area (Å²) in [5.41, 5.74) is 0. The molecule has 16 heavy (non-hydrogen) atoms. The van der Waals surface area contributed by atoms with E-state index in [1.54, 1.807) is 7.05 Å². The molecule has 1 atom stereocenters. The van der Waals surface area contributed by atoms with Crippen LogP contribution in [-0.2, 0) is 9.53 Å². The summed E-state index contributed by atoms with van der Waals surface area (Å²) in [7, 11) is 3.14. The average Bonchev–Trinajstić information content (AvgIpc) is 2.25. The quantitative estimate of drug-likeness (QED) is 0.530. The number of carboxylic acids is 1. The van der Waals surface area contributed by atoms with E-state index in [-0.39, 0.29) is 19.0 Å². The normalized spacial score (nSPS) is 11.9. The molecule has 0 aromatic rings. The summed E-state index contributed by atoms with van der Waals surface area (Å²) in [6.07, 6.45) is -1.45. The van der Waals surface area contributed by atoms with Crippen LogP contribution in [0, 0.1) is 0 Å². The maximum Gasteiger partial charge on any atom is 0.332 e. The van der Waals surface area contributed by atoms with Crippen LogP contribution in [0.2, 0.25) is 0 Å². The molecule has 0 unspecified atom stereocenters. The smallest absolute Gasteiger partial charge is 0.332 e. The fourth-order valence-corrected chi connectivity index (χ4v) is 0.904. The zero-order chi connectivity index (χ0) is 12.6. The van der Waals surface area contributed by atoms with E-state index in [2.05, 4.69) is 5.32 Å². The number of aliphatic hydroxyl groups excluding tert-OH is 1. The predicted molar refractivity (Wildman–Crippen MR) is 56.2 cm³/mol. The first kappa shape index (κ1) is 14.7. The molecule has 2 amide bonds. The van der Waals surface area contributed by atoms with Gasteiger partial charge in [0.1, 0.15) is 0 Å². The zero-order valence-electron chi connectivity index (χ0n) is 9.47. The molecule has 0 saturated carbocycles. The van der Waals surface area contributed by atoms with Gasteiger partial charge in [0.15, 0.2) is 6.10 Å². The maximum atomic E-state index is 11.3. The van der Waals surface area contributed by atoms with Crippen LogP contribution in [0.4, 0.5) is 4.79 Å². The van der Waals surface area contributed by atoms with E-state index >= 15 is 0 Å². The Morgan fingerprint density at radius 3 is 2.62 bits per heavy atom. The topological polar surface area (TPSA) is 99.1 Å². The number of urea groups is 1. The third kappa shape index (κ3) is 6.20. The highest BCUT2D eigenvalue weighted by molar-refractivity contribution is 5.74. The summed E-state index contributed by atoms with van der Waals surface area (Å²) in [4.78, 5) is 23.0. The van der Waals surface area contributed by atoms with Crippen molar-refractivity contribution in [2.24, 2.45) is 0 Å². The number of carbonyl (C=O) groups excluding carboxylic acids is 1. The van der Waals surface area contributed by atoms with Crippen LogP contribution in [0.1, 0.15) is 6.42 Å². The number of amides is 2. The van der Waals surface area contributed by atoms with Crippen LogP contribution in [0.5, 0.6) is 0 Å². The minimum absolute atomic E-state index is 0.0147. The van der Waals surface area contributed by atoms with Gasteiger partial charge in [-0.25, -0.2) is 9.59 Å². The number of nitrogens with zero attached hydrogens (tertiary/aromatic N) is 1. The number of ether oxygens (including phenoxy) is 1. The lowest BCUT2D eigenvalue weighted by atomic mass is 10.2. The van der Waals surface area contributed by atoms with Crippen LogP contribution < -0.4 is 5.32 Å². The fraction of sp³-hybridized carbons (Fsp3) is 0.778. The lowest BCUT2D eigenvalue weighted by Crippen LogP contribution is -2.40. The third-order valence-corrected chi connectivity index (χ3v) is 1.96. The van der Waals surface area contributed by atoms with Crippen LogP contribution in [-0.4, -0.2) is 67.1 Å². The molecule has 0 saturated heterocycles. The summed E-state index contributed by atoms with van der Waals surface area (Å²) in [6, 6.07) is -0.324. The lowest BCUT2D eigenvalue weighted by Gasteiger charge is -2.17. The van der Waals surface area contributed by atoms with Gasteiger partial charge in [0.25, 0.3) is 0 Å². The van der Waals surface area contributed by atoms with Gasteiger partial charge in [-0.15, -0.1) is 0 Å².